The van der Waals surface area contributed by atoms with Crippen LogP contribution in [0.1, 0.15) is 26.5 Å². The number of hydrogen-bond acceptors (Lipinski definition) is 4. The second-order valence-electron chi connectivity index (χ2n) is 6.06. The molecular formula is C15H15F5N4. The van der Waals surface area contributed by atoms with Gasteiger partial charge in [-0.15, -0.1) is 0 Å². The number of rotatable bonds is 3. The second kappa shape index (κ2) is 6.21. The average molecular weight is 346 g/mol. The summed E-state index contributed by atoms with van der Waals surface area (Å²) in [6.07, 6.45) is -4.71. The molecule has 1 aromatic heterocycles. The zero-order valence-electron chi connectivity index (χ0n) is 13.1. The molecule has 0 saturated heterocycles. The molecule has 0 aliphatic heterocycles. The first-order valence-electron chi connectivity index (χ1n) is 6.91. The van der Waals surface area contributed by atoms with Crippen LogP contribution in [-0.4, -0.2) is 15.5 Å². The zero-order chi connectivity index (χ0) is 18.1. The van der Waals surface area contributed by atoms with Gasteiger partial charge in [0.2, 0.25) is 5.95 Å². The van der Waals surface area contributed by atoms with E-state index in [2.05, 4.69) is 20.6 Å². The molecule has 0 unspecified atom stereocenters. The van der Waals surface area contributed by atoms with Crippen LogP contribution in [-0.2, 0) is 6.18 Å². The SMILES string of the molecule is CC(C)(C)Nc1nc(Nc2cccc(F)c2F)cc(C(F)(F)F)n1. The van der Waals surface area contributed by atoms with Gasteiger partial charge in [0.05, 0.1) is 5.69 Å². The van der Waals surface area contributed by atoms with Crippen LogP contribution >= 0.6 is 0 Å². The highest BCUT2D eigenvalue weighted by atomic mass is 19.4. The van der Waals surface area contributed by atoms with Crippen molar-refractivity contribution in [2.45, 2.75) is 32.5 Å². The number of alkyl halides is 3. The molecule has 2 rings (SSSR count). The second-order valence-corrected chi connectivity index (χ2v) is 6.06. The molecule has 0 bridgehead atoms. The third-order valence-electron chi connectivity index (χ3n) is 2.72. The molecule has 0 fully saturated rings. The molecule has 1 aromatic carbocycles. The van der Waals surface area contributed by atoms with E-state index in [0.717, 1.165) is 6.07 Å². The van der Waals surface area contributed by atoms with Crippen molar-refractivity contribution in [1.82, 2.24) is 9.97 Å². The maximum atomic E-state index is 13.7. The topological polar surface area (TPSA) is 49.8 Å². The first-order chi connectivity index (χ1) is 11.0. The van der Waals surface area contributed by atoms with Crippen LogP contribution < -0.4 is 10.6 Å². The van der Waals surface area contributed by atoms with Gasteiger partial charge in [-0.1, -0.05) is 6.07 Å². The number of anilines is 3. The van der Waals surface area contributed by atoms with Crippen LogP contribution in [0.5, 0.6) is 0 Å². The molecule has 0 aliphatic carbocycles. The summed E-state index contributed by atoms with van der Waals surface area (Å²) in [7, 11) is 0. The summed E-state index contributed by atoms with van der Waals surface area (Å²) in [6, 6.07) is 3.93. The van der Waals surface area contributed by atoms with Crippen molar-refractivity contribution < 1.29 is 22.0 Å². The van der Waals surface area contributed by atoms with Gasteiger partial charge in [0.15, 0.2) is 17.3 Å². The Kier molecular flexibility index (Phi) is 4.63. The fourth-order valence-electron chi connectivity index (χ4n) is 1.79. The molecule has 0 radical (unpaired) electrons. The highest BCUT2D eigenvalue weighted by molar-refractivity contribution is 5.58. The lowest BCUT2D eigenvalue weighted by molar-refractivity contribution is -0.141. The molecular weight excluding hydrogens is 331 g/mol. The Morgan fingerprint density at radius 1 is 1.00 bits per heavy atom. The van der Waals surface area contributed by atoms with Gasteiger partial charge in [-0.25, -0.2) is 13.8 Å². The predicted octanol–water partition coefficient (Wildman–Crippen LogP) is 4.73. The van der Waals surface area contributed by atoms with Gasteiger partial charge < -0.3 is 10.6 Å². The summed E-state index contributed by atoms with van der Waals surface area (Å²) in [5.41, 5.74) is -2.13. The van der Waals surface area contributed by atoms with Gasteiger partial charge in [-0.3, -0.25) is 0 Å². The van der Waals surface area contributed by atoms with Gasteiger partial charge in [0.1, 0.15) is 5.82 Å². The van der Waals surface area contributed by atoms with Crippen molar-refractivity contribution in [3.8, 4) is 0 Å². The number of halogens is 5. The Morgan fingerprint density at radius 2 is 1.67 bits per heavy atom. The number of benzene rings is 1. The lowest BCUT2D eigenvalue weighted by Gasteiger charge is -2.21. The molecule has 0 spiro atoms. The molecule has 0 amide bonds. The van der Waals surface area contributed by atoms with Gasteiger partial charge in [0.25, 0.3) is 0 Å². The Hall–Kier alpha value is -2.45. The summed E-state index contributed by atoms with van der Waals surface area (Å²) in [5.74, 6) is -2.93. The summed E-state index contributed by atoms with van der Waals surface area (Å²) < 4.78 is 65.8. The minimum Gasteiger partial charge on any atom is -0.350 e. The number of aromatic nitrogens is 2. The van der Waals surface area contributed by atoms with Gasteiger partial charge in [-0.05, 0) is 32.9 Å². The van der Waals surface area contributed by atoms with Gasteiger partial charge >= 0.3 is 6.18 Å². The Bertz CT molecular complexity index is 738. The molecule has 4 nitrogen and oxygen atoms in total. The monoisotopic (exact) mass is 346 g/mol. The molecule has 0 aliphatic rings. The Balaban J connectivity index is 2.45. The van der Waals surface area contributed by atoms with Crippen molar-refractivity contribution in [2.75, 3.05) is 10.6 Å². The summed E-state index contributed by atoms with van der Waals surface area (Å²) in [5, 5.41) is 5.06. The smallest absolute Gasteiger partial charge is 0.350 e. The summed E-state index contributed by atoms with van der Waals surface area (Å²) in [4.78, 5) is 7.29. The van der Waals surface area contributed by atoms with E-state index in [1.807, 2.05) is 0 Å². The van der Waals surface area contributed by atoms with Crippen molar-refractivity contribution in [1.29, 1.82) is 0 Å². The van der Waals surface area contributed by atoms with Crippen molar-refractivity contribution >= 4 is 17.5 Å². The van der Waals surface area contributed by atoms with E-state index in [1.165, 1.54) is 12.1 Å². The minimum atomic E-state index is -4.71. The Labute approximate surface area is 135 Å². The number of hydrogen-bond donors (Lipinski definition) is 2. The quantitative estimate of drug-likeness (QED) is 0.789. The maximum absolute atomic E-state index is 13.7. The number of nitrogens with zero attached hydrogens (tertiary/aromatic N) is 2. The number of nitrogens with one attached hydrogen (secondary N) is 2. The van der Waals surface area contributed by atoms with E-state index in [4.69, 9.17) is 0 Å². The molecule has 9 heteroatoms. The van der Waals surface area contributed by atoms with E-state index >= 15 is 0 Å². The standard InChI is InChI=1S/C15H15F5N4/c1-14(2,3)24-13-22-10(15(18,19)20)7-11(23-13)21-9-6-4-5-8(16)12(9)17/h4-7H,1-3H3,(H2,21,22,23,24). The summed E-state index contributed by atoms with van der Waals surface area (Å²) in [6.45, 7) is 5.15. The molecule has 0 saturated carbocycles. The highest BCUT2D eigenvalue weighted by Crippen LogP contribution is 2.31. The largest absolute Gasteiger partial charge is 0.433 e. The normalized spacial score (nSPS) is 12.2. The van der Waals surface area contributed by atoms with E-state index in [9.17, 15) is 22.0 Å². The molecule has 1 heterocycles. The molecule has 0 atom stereocenters. The third-order valence-corrected chi connectivity index (χ3v) is 2.72. The summed E-state index contributed by atoms with van der Waals surface area (Å²) >= 11 is 0. The fourth-order valence-corrected chi connectivity index (χ4v) is 1.79. The van der Waals surface area contributed by atoms with E-state index < -0.39 is 29.0 Å². The van der Waals surface area contributed by atoms with Gasteiger partial charge in [-0.2, -0.15) is 18.2 Å². The first-order valence-corrected chi connectivity index (χ1v) is 6.91. The van der Waals surface area contributed by atoms with Crippen molar-refractivity contribution in [3.05, 3.63) is 41.6 Å². The maximum Gasteiger partial charge on any atom is 0.433 e. The average Bonchev–Trinajstić information content (AvgIpc) is 2.41. The fraction of sp³-hybridized carbons (Fsp3) is 0.333. The van der Waals surface area contributed by atoms with Crippen molar-refractivity contribution in [3.63, 3.8) is 0 Å². The lowest BCUT2D eigenvalue weighted by atomic mass is 10.1. The van der Waals surface area contributed by atoms with Crippen LogP contribution in [0.15, 0.2) is 24.3 Å². The van der Waals surface area contributed by atoms with Crippen LogP contribution in [0.3, 0.4) is 0 Å². The van der Waals surface area contributed by atoms with E-state index in [-0.39, 0.29) is 17.5 Å². The Morgan fingerprint density at radius 3 is 2.25 bits per heavy atom. The van der Waals surface area contributed by atoms with Crippen LogP contribution in [0.4, 0.5) is 39.4 Å². The van der Waals surface area contributed by atoms with Crippen molar-refractivity contribution in [2.24, 2.45) is 0 Å². The highest BCUT2D eigenvalue weighted by Gasteiger charge is 2.34. The van der Waals surface area contributed by atoms with E-state index in [0.29, 0.717) is 6.07 Å². The molecule has 2 N–H and O–H groups in total. The third kappa shape index (κ3) is 4.53. The molecule has 130 valence electrons. The lowest BCUT2D eigenvalue weighted by Crippen LogP contribution is -2.28. The van der Waals surface area contributed by atoms with Crippen LogP contribution in [0, 0.1) is 11.6 Å². The van der Waals surface area contributed by atoms with E-state index in [1.54, 1.807) is 20.8 Å². The zero-order valence-corrected chi connectivity index (χ0v) is 13.1. The van der Waals surface area contributed by atoms with Crippen LogP contribution in [0.25, 0.3) is 0 Å². The predicted molar refractivity (Wildman–Crippen MR) is 80.1 cm³/mol. The first kappa shape index (κ1) is 17.9. The molecule has 24 heavy (non-hydrogen) atoms. The minimum absolute atomic E-state index is 0.281. The molecule has 2 aromatic rings. The van der Waals surface area contributed by atoms with Gasteiger partial charge in [0, 0.05) is 11.6 Å². The van der Waals surface area contributed by atoms with Crippen LogP contribution in [0.2, 0.25) is 0 Å².